The highest BCUT2D eigenvalue weighted by Crippen LogP contribution is 2.26. The van der Waals surface area contributed by atoms with Gasteiger partial charge in [-0.1, -0.05) is 129 Å². The van der Waals surface area contributed by atoms with Crippen LogP contribution < -0.4 is 21.3 Å². The van der Waals surface area contributed by atoms with Gasteiger partial charge in [-0.15, -0.1) is 0 Å². The topological polar surface area (TPSA) is 291 Å². The number of amides is 11. The van der Waals surface area contributed by atoms with Gasteiger partial charge in [-0.3, -0.25) is 52.7 Å². The van der Waals surface area contributed by atoms with Gasteiger partial charge in [0, 0.05) is 55.9 Å². The van der Waals surface area contributed by atoms with Crippen LogP contribution in [0.25, 0.3) is 0 Å². The van der Waals surface area contributed by atoms with Crippen LogP contribution in [0.3, 0.4) is 0 Å². The van der Waals surface area contributed by atoms with Gasteiger partial charge in [-0.25, -0.2) is 0 Å². The van der Waals surface area contributed by atoms with Crippen LogP contribution in [-0.2, 0) is 57.5 Å². The van der Waals surface area contributed by atoms with E-state index in [4.69, 9.17) is 4.74 Å². The lowest BCUT2D eigenvalue weighted by molar-refractivity contribution is -0.157. The molecule has 540 valence electrons. The monoisotopic (exact) mass is 1330 g/mol. The van der Waals surface area contributed by atoms with E-state index < -0.39 is 161 Å². The number of nitrogens with zero attached hydrogens (tertiary/aromatic N) is 8. The van der Waals surface area contributed by atoms with Crippen molar-refractivity contribution in [1.82, 2.24) is 60.5 Å². The van der Waals surface area contributed by atoms with Crippen molar-refractivity contribution >= 4 is 65.0 Å². The van der Waals surface area contributed by atoms with Crippen molar-refractivity contribution in [1.29, 1.82) is 0 Å². The highest BCUT2D eigenvalue weighted by molar-refractivity contribution is 6.00. The molecule has 0 radical (unpaired) electrons. The Kier molecular flexibility index (Phi) is 36.8. The molecule has 0 aromatic rings. The van der Waals surface area contributed by atoms with Crippen LogP contribution in [0.15, 0.2) is 12.2 Å². The van der Waals surface area contributed by atoms with Gasteiger partial charge >= 0.3 is 0 Å². The van der Waals surface area contributed by atoms with Crippen LogP contribution >= 0.6 is 0 Å². The Balaban J connectivity index is 4.56. The summed E-state index contributed by atoms with van der Waals surface area (Å²) in [5.74, 6) is -10.4. The number of hydrogen-bond donors (Lipinski definition) is 5. The molecular formula is C69H126N12O13. The summed E-state index contributed by atoms with van der Waals surface area (Å²) in [6.45, 7) is 35.6. The Bertz CT molecular complexity index is 2530. The van der Waals surface area contributed by atoms with Crippen LogP contribution in [0, 0.1) is 41.4 Å². The normalized spacial score (nSPS) is 26.6. The van der Waals surface area contributed by atoms with Gasteiger partial charge in [0.2, 0.25) is 65.0 Å². The first-order valence-electron chi connectivity index (χ1n) is 34.3. The molecule has 94 heavy (non-hydrogen) atoms. The molecule has 0 saturated carbocycles. The molecule has 1 aliphatic heterocycles. The number of likely N-dealkylation sites (N-methyl/N-ethyl adjacent to an activating group) is 8. The number of nitrogens with one attached hydrogen (secondary N) is 4. The van der Waals surface area contributed by atoms with Crippen molar-refractivity contribution in [3.63, 3.8) is 0 Å². The van der Waals surface area contributed by atoms with Gasteiger partial charge in [-0.2, -0.15) is 0 Å². The van der Waals surface area contributed by atoms with Crippen LogP contribution in [-0.4, -0.2) is 264 Å². The van der Waals surface area contributed by atoms with E-state index in [1.807, 2.05) is 68.4 Å². The Morgan fingerprint density at radius 2 is 0.915 bits per heavy atom. The molecule has 1 fully saturated rings. The lowest BCUT2D eigenvalue weighted by Gasteiger charge is -2.41. The molecule has 0 aliphatic carbocycles. The zero-order valence-corrected chi connectivity index (χ0v) is 62.3. The summed E-state index contributed by atoms with van der Waals surface area (Å²) in [5.41, 5.74) is 0. The Labute approximate surface area is 564 Å². The fourth-order valence-electron chi connectivity index (χ4n) is 12.0. The van der Waals surface area contributed by atoms with E-state index in [9.17, 15) is 29.1 Å². The lowest BCUT2D eigenvalue weighted by Crippen LogP contribution is -2.64. The second kappa shape index (κ2) is 40.4. The predicted molar refractivity (Wildman–Crippen MR) is 366 cm³/mol. The third-order valence-electron chi connectivity index (χ3n) is 18.5. The van der Waals surface area contributed by atoms with E-state index in [1.165, 1.54) is 92.6 Å². The second-order valence-corrected chi connectivity index (χ2v) is 28.1. The Hall–Kier alpha value is -6.21. The summed E-state index contributed by atoms with van der Waals surface area (Å²) in [6.07, 6.45) is 3.15. The smallest absolute Gasteiger partial charge is 0.248 e. The average molecular weight is 1330 g/mol. The highest BCUT2D eigenvalue weighted by atomic mass is 16.5. The van der Waals surface area contributed by atoms with E-state index in [1.54, 1.807) is 61.5 Å². The lowest BCUT2D eigenvalue weighted by atomic mass is 9.91. The molecular weight excluding hydrogens is 1200 g/mol. The minimum absolute atomic E-state index is 0.0237. The second-order valence-electron chi connectivity index (χ2n) is 28.1. The van der Waals surface area contributed by atoms with Crippen molar-refractivity contribution in [3.05, 3.63) is 12.2 Å². The molecule has 0 aromatic heterocycles. The highest BCUT2D eigenvalue weighted by Gasteiger charge is 2.47. The minimum Gasteiger partial charge on any atom is -0.390 e. The minimum atomic E-state index is -1.65. The molecule has 0 aromatic carbocycles. The number of allylic oxidation sites excluding steroid dienone is 2. The van der Waals surface area contributed by atoms with Gasteiger partial charge in [0.05, 0.1) is 19.3 Å². The zero-order chi connectivity index (χ0) is 72.7. The van der Waals surface area contributed by atoms with Crippen LogP contribution in [0.1, 0.15) is 170 Å². The molecule has 25 nitrogen and oxygen atoms in total. The maximum atomic E-state index is 15.4. The van der Waals surface area contributed by atoms with Crippen molar-refractivity contribution in [2.45, 2.75) is 243 Å². The first-order chi connectivity index (χ1) is 43.7. The molecule has 1 aliphatic rings. The molecule has 1 heterocycles. The molecule has 0 spiro atoms. The number of aliphatic hydroxyl groups is 1. The number of ether oxygens (including phenoxy) is 1. The number of carbonyl (C=O) groups is 11. The number of rotatable bonds is 22. The summed E-state index contributed by atoms with van der Waals surface area (Å²) < 4.78 is 6.21. The van der Waals surface area contributed by atoms with Crippen molar-refractivity contribution in [2.75, 3.05) is 82.2 Å². The summed E-state index contributed by atoms with van der Waals surface area (Å²) in [5, 5.41) is 23.5. The van der Waals surface area contributed by atoms with E-state index in [2.05, 4.69) is 26.2 Å². The number of carbonyl (C=O) groups excluding carboxylic acids is 11. The first-order valence-corrected chi connectivity index (χ1v) is 34.3. The van der Waals surface area contributed by atoms with Gasteiger partial charge < -0.3 is 70.3 Å². The molecule has 14 atom stereocenters. The first kappa shape index (κ1) is 85.8. The van der Waals surface area contributed by atoms with Crippen LogP contribution in [0.4, 0.5) is 0 Å². The molecule has 5 N–H and O–H groups in total. The quantitative estimate of drug-likeness (QED) is 0.0757. The van der Waals surface area contributed by atoms with Crippen molar-refractivity contribution < 1.29 is 62.6 Å². The Morgan fingerprint density at radius 1 is 0.479 bits per heavy atom. The maximum absolute atomic E-state index is 15.4. The third kappa shape index (κ3) is 23.9. The standard InChI is InChI=1S/C69H126N12O13/c1-27-32-33-46(17)58(82)57-62(86)72-49(29-3)64(88)77(23)53(39-94-35-34-81(30-4)31-5)67(91)79(25)56(45(16)28-2)61(85)73-54(43(12)13)68(92)74(20)50(36-40(6)7)60(84)70-47(18)59(83)71-48(19)63(87)75(21)51(37-41(8)9)65(89)76(22)52(38-42(10)11)66(90)78(24)55(44(14)15)69(93)80(57)26/h27,32,40-58,82H,28-31,33-39H2,1-26H3,(H,70,84)(H,71,83)(H,72,86)(H,73,85)/t45?,46-,47+,48-,49+,50+,51+,52+,53-,54+,55+,56+,57+,58-/m1/s1. The van der Waals surface area contributed by atoms with E-state index in [-0.39, 0.29) is 56.7 Å². The van der Waals surface area contributed by atoms with Crippen LogP contribution in [0.2, 0.25) is 0 Å². The fraction of sp³-hybridized carbons (Fsp3) is 0.812. The maximum Gasteiger partial charge on any atom is 0.248 e. The molecule has 1 unspecified atom stereocenters. The average Bonchev–Trinajstić information content (AvgIpc) is 0.823. The van der Waals surface area contributed by atoms with Crippen LogP contribution in [0.5, 0.6) is 0 Å². The van der Waals surface area contributed by atoms with Gasteiger partial charge in [-0.05, 0) is 107 Å². The van der Waals surface area contributed by atoms with Crippen molar-refractivity contribution in [3.8, 4) is 0 Å². The predicted octanol–water partition coefficient (Wildman–Crippen LogP) is 4.00. The summed E-state index contributed by atoms with van der Waals surface area (Å²) >= 11 is 0. The van der Waals surface area contributed by atoms with Crippen molar-refractivity contribution in [2.24, 2.45) is 41.4 Å². The molecule has 0 bridgehead atoms. The summed E-state index contributed by atoms with van der Waals surface area (Å²) in [6, 6.07) is -14.1. The Morgan fingerprint density at radius 3 is 1.38 bits per heavy atom. The molecule has 1 saturated heterocycles. The number of aliphatic hydroxyl groups excluding tert-OH is 1. The SMILES string of the molecule is CC=CC[C@@H](C)[C@@H](O)[C@H]1C(=O)N[C@@H](CC)C(=O)N(C)[C@H](COCCN(CC)CC)C(=O)N(C)[C@@H](C(C)CC)C(=O)N[C@@H](C(C)C)C(=O)N(C)[C@@H](CC(C)C)C(=O)N[C@@H](C)C(=O)N[C@H](C)C(=O)N(C)[C@@H](CC(C)C)C(=O)N(C)[C@@H](CC(C)C)C(=O)N(C)[C@@H](C(C)C)C(=O)N1C. The molecule has 1 rings (SSSR count). The largest absolute Gasteiger partial charge is 0.390 e. The third-order valence-corrected chi connectivity index (χ3v) is 18.5. The summed E-state index contributed by atoms with van der Waals surface area (Å²) in [7, 11) is 9.98. The summed E-state index contributed by atoms with van der Waals surface area (Å²) in [4.78, 5) is 175. The number of hydrogen-bond acceptors (Lipinski definition) is 14. The van der Waals surface area contributed by atoms with Gasteiger partial charge in [0.15, 0.2) is 0 Å². The van der Waals surface area contributed by atoms with E-state index in [0.717, 1.165) is 18.0 Å². The van der Waals surface area contributed by atoms with Gasteiger partial charge in [0.25, 0.3) is 0 Å². The molecule has 11 amide bonds. The fourth-order valence-corrected chi connectivity index (χ4v) is 12.0. The van der Waals surface area contributed by atoms with E-state index >= 15 is 28.8 Å². The van der Waals surface area contributed by atoms with E-state index in [0.29, 0.717) is 19.4 Å². The zero-order valence-electron chi connectivity index (χ0n) is 62.3. The molecule has 25 heteroatoms. The van der Waals surface area contributed by atoms with Gasteiger partial charge in [0.1, 0.15) is 66.5 Å².